The summed E-state index contributed by atoms with van der Waals surface area (Å²) in [5.74, 6) is -2.68. The number of ether oxygens (including phenoxy) is 5. The van der Waals surface area contributed by atoms with Gasteiger partial charge in [-0.1, -0.05) is 12.1 Å². The van der Waals surface area contributed by atoms with Crippen molar-refractivity contribution < 1.29 is 56.8 Å². The molecule has 0 radical (unpaired) electrons. The lowest BCUT2D eigenvalue weighted by molar-refractivity contribution is -0.271. The zero-order valence-electron chi connectivity index (χ0n) is 30.1. The van der Waals surface area contributed by atoms with Crippen LogP contribution in [0, 0.1) is 0 Å². The Morgan fingerprint density at radius 3 is 1.96 bits per heavy atom. The third-order valence-corrected chi connectivity index (χ3v) is 8.13. The van der Waals surface area contributed by atoms with Crippen LogP contribution in [0.25, 0.3) is 0 Å². The topological polar surface area (TPSA) is 188 Å². The van der Waals surface area contributed by atoms with Crippen LogP contribution in [-0.2, 0) is 54.1 Å². The van der Waals surface area contributed by atoms with Crippen LogP contribution in [0.15, 0.2) is 48.5 Å². The maximum Gasteiger partial charge on any atom is 0.303 e. The average molecular weight is 800 g/mol. The number of hydrogen-bond donors (Lipinski definition) is 3. The molecule has 0 aromatic heterocycles. The minimum absolute atomic E-state index is 0.0916. The van der Waals surface area contributed by atoms with Crippen molar-refractivity contribution in [2.24, 2.45) is 0 Å². The van der Waals surface area contributed by atoms with Crippen LogP contribution in [0.3, 0.4) is 0 Å². The zero-order valence-corrected chi connectivity index (χ0v) is 31.7. The molecule has 1 fully saturated rings. The molecule has 296 valence electrons. The third-order valence-electron chi connectivity index (χ3n) is 7.79. The monoisotopic (exact) mass is 798 g/mol. The van der Waals surface area contributed by atoms with E-state index in [1.54, 1.807) is 0 Å². The minimum atomic E-state index is -2.12. The smallest absolute Gasteiger partial charge is 0.303 e. The lowest BCUT2D eigenvalue weighted by Gasteiger charge is -2.41. The number of rotatable bonds is 20. The Balaban J connectivity index is 1.42. The van der Waals surface area contributed by atoms with Crippen molar-refractivity contribution >= 4 is 70.2 Å². The summed E-state index contributed by atoms with van der Waals surface area (Å²) in [6, 6.07) is 13.7. The van der Waals surface area contributed by atoms with Crippen molar-refractivity contribution in [3.63, 3.8) is 0 Å². The number of benzene rings is 2. The first-order valence-electron chi connectivity index (χ1n) is 17.1. The molecule has 54 heavy (non-hydrogen) atoms. The number of esters is 3. The Labute approximate surface area is 322 Å². The van der Waals surface area contributed by atoms with E-state index in [9.17, 15) is 28.8 Å². The van der Waals surface area contributed by atoms with Gasteiger partial charge in [-0.05, 0) is 54.8 Å². The van der Waals surface area contributed by atoms with Crippen LogP contribution in [0.4, 0.5) is 15.8 Å². The Bertz CT molecular complexity index is 1560. The Kier molecular flexibility index (Phi) is 18.2. The van der Waals surface area contributed by atoms with E-state index in [2.05, 4.69) is 20.9 Å². The van der Waals surface area contributed by atoms with Gasteiger partial charge >= 0.3 is 17.9 Å². The second kappa shape index (κ2) is 22.5. The lowest BCUT2D eigenvalue weighted by Crippen LogP contribution is -2.61. The number of halogens is 3. The van der Waals surface area contributed by atoms with Gasteiger partial charge in [-0.2, -0.15) is 0 Å². The highest BCUT2D eigenvalue weighted by Gasteiger charge is 2.52. The highest BCUT2D eigenvalue weighted by atomic mass is 35.5. The normalized spacial score (nSPS) is 19.1. The van der Waals surface area contributed by atoms with Crippen LogP contribution in [0.1, 0.15) is 39.2 Å². The zero-order chi connectivity index (χ0) is 39.6. The minimum Gasteiger partial charge on any atom is -0.463 e. The lowest BCUT2D eigenvalue weighted by atomic mass is 9.99. The summed E-state index contributed by atoms with van der Waals surface area (Å²) < 4.78 is 42.1. The van der Waals surface area contributed by atoms with E-state index < -0.39 is 67.1 Å². The molecule has 0 unspecified atom stereocenters. The molecular weight excluding hydrogens is 754 g/mol. The molecule has 1 aliphatic heterocycles. The number of amides is 3. The predicted octanol–water partition coefficient (Wildman–Crippen LogP) is 3.03. The van der Waals surface area contributed by atoms with E-state index in [0.29, 0.717) is 43.4 Å². The molecule has 3 amide bonds. The van der Waals surface area contributed by atoms with Crippen molar-refractivity contribution in [1.29, 1.82) is 0 Å². The van der Waals surface area contributed by atoms with Gasteiger partial charge in [0.1, 0.15) is 18.5 Å². The van der Waals surface area contributed by atoms with Gasteiger partial charge < -0.3 is 44.5 Å². The first kappa shape index (κ1) is 43.7. The molecule has 5 atom stereocenters. The molecule has 3 rings (SSSR count). The van der Waals surface area contributed by atoms with Gasteiger partial charge in [-0.25, -0.2) is 4.39 Å². The van der Waals surface area contributed by atoms with E-state index >= 15 is 4.39 Å². The number of carbonyl (C=O) groups excluding carboxylic acids is 6. The molecule has 2 aromatic carbocycles. The average Bonchev–Trinajstić information content (AvgIpc) is 3.12. The number of alkyl halides is 3. The van der Waals surface area contributed by atoms with Gasteiger partial charge in [0.15, 0.2) is 12.2 Å². The van der Waals surface area contributed by atoms with Crippen molar-refractivity contribution in [1.82, 2.24) is 10.6 Å². The highest BCUT2D eigenvalue weighted by molar-refractivity contribution is 6.18. The Hall–Kier alpha value is -4.67. The molecule has 1 heterocycles. The van der Waals surface area contributed by atoms with Crippen LogP contribution in [0.5, 0.6) is 5.75 Å². The number of hydrogen-bond acceptors (Lipinski definition) is 12. The summed E-state index contributed by atoms with van der Waals surface area (Å²) in [4.78, 5) is 73.9. The van der Waals surface area contributed by atoms with Crippen molar-refractivity contribution in [2.45, 2.75) is 70.8 Å². The van der Waals surface area contributed by atoms with E-state index in [0.717, 1.165) is 32.0 Å². The first-order valence-corrected chi connectivity index (χ1v) is 18.2. The fourth-order valence-corrected chi connectivity index (χ4v) is 5.73. The van der Waals surface area contributed by atoms with E-state index in [4.69, 9.17) is 46.9 Å². The summed E-state index contributed by atoms with van der Waals surface area (Å²) in [6.45, 7) is 3.51. The molecule has 15 nitrogen and oxygen atoms in total. The van der Waals surface area contributed by atoms with Crippen LogP contribution >= 0.6 is 23.2 Å². The third kappa shape index (κ3) is 15.0. The SMILES string of the molecule is CC(=O)OC[C@H]1O[C@@H](Oc2ccc(NC(=O)CNC(=O)CNC(=O)CCCc3ccc(N(CCCl)CCCl)cc3)cc2)[C@H](F)[C@@H](OC(C)=O)[C@@H]1OC(C)=O. The second-order valence-electron chi connectivity index (χ2n) is 12.1. The van der Waals surface area contributed by atoms with Crippen LogP contribution in [0.2, 0.25) is 0 Å². The fraction of sp³-hybridized carbons (Fsp3) is 0.500. The van der Waals surface area contributed by atoms with E-state index in [1.807, 2.05) is 24.3 Å². The van der Waals surface area contributed by atoms with Gasteiger partial charge in [0.05, 0.1) is 13.1 Å². The molecule has 1 saturated heterocycles. The van der Waals surface area contributed by atoms with Gasteiger partial charge in [-0.15, -0.1) is 23.2 Å². The number of anilines is 2. The van der Waals surface area contributed by atoms with Gasteiger partial charge in [0.25, 0.3) is 0 Å². The maximum atomic E-state index is 15.6. The summed E-state index contributed by atoms with van der Waals surface area (Å²) in [5, 5.41) is 7.55. The Morgan fingerprint density at radius 1 is 0.778 bits per heavy atom. The molecule has 0 aliphatic carbocycles. The quantitative estimate of drug-likeness (QED) is 0.101. The van der Waals surface area contributed by atoms with E-state index in [1.165, 1.54) is 24.3 Å². The Morgan fingerprint density at radius 2 is 1.37 bits per heavy atom. The molecule has 18 heteroatoms. The largest absolute Gasteiger partial charge is 0.463 e. The van der Waals surface area contributed by atoms with Crippen LogP contribution < -0.4 is 25.6 Å². The molecule has 2 aromatic rings. The van der Waals surface area contributed by atoms with Crippen LogP contribution in [-0.4, -0.2) is 111 Å². The van der Waals surface area contributed by atoms with Crippen molar-refractivity contribution in [3.8, 4) is 5.75 Å². The standard InChI is InChI=1S/C36H45Cl2FN4O11/c1-22(44)50-21-29-34(51-23(2)45)35(52-24(3)46)33(39)36(54-29)53-28-13-9-26(10-14-28)42-32(49)20-41-31(48)19-40-30(47)6-4-5-25-7-11-27(12-8-25)43(17-15-37)18-16-38/h7-14,29,33-36H,4-6,15-21H2,1-3H3,(H,40,47)(H,41,48)(H,42,49)/t29-,33-,34-,35-,36-/m1/s1. The van der Waals surface area contributed by atoms with Gasteiger partial charge in [0.2, 0.25) is 30.2 Å². The summed E-state index contributed by atoms with van der Waals surface area (Å²) in [7, 11) is 0. The molecule has 0 spiro atoms. The number of nitrogens with one attached hydrogen (secondary N) is 3. The van der Waals surface area contributed by atoms with E-state index in [-0.39, 0.29) is 31.2 Å². The highest BCUT2D eigenvalue weighted by Crippen LogP contribution is 2.31. The summed E-state index contributed by atoms with van der Waals surface area (Å²) in [5.41, 5.74) is 2.40. The second-order valence-corrected chi connectivity index (χ2v) is 12.8. The molecular formula is C36H45Cl2FN4O11. The maximum absolute atomic E-state index is 15.6. The molecule has 0 bridgehead atoms. The number of aryl methyl sites for hydroxylation is 1. The number of nitrogens with zero attached hydrogens (tertiary/aromatic N) is 1. The van der Waals surface area contributed by atoms with Gasteiger partial charge in [-0.3, -0.25) is 28.8 Å². The summed E-state index contributed by atoms with van der Waals surface area (Å²) >= 11 is 11.8. The molecule has 3 N–H and O–H groups in total. The number of carbonyl (C=O) groups is 6. The van der Waals surface area contributed by atoms with Crippen molar-refractivity contribution in [2.75, 3.05) is 54.8 Å². The van der Waals surface area contributed by atoms with Crippen molar-refractivity contribution in [3.05, 3.63) is 54.1 Å². The summed E-state index contributed by atoms with van der Waals surface area (Å²) in [6.07, 6.45) is -6.63. The fourth-order valence-electron chi connectivity index (χ4n) is 5.32. The predicted molar refractivity (Wildman–Crippen MR) is 196 cm³/mol. The molecule has 1 aliphatic rings. The van der Waals surface area contributed by atoms with Gasteiger partial charge in [0, 0.05) is 63.4 Å². The molecule has 0 saturated carbocycles. The first-order chi connectivity index (χ1) is 25.8.